The van der Waals surface area contributed by atoms with Gasteiger partial charge in [0, 0.05) is 11.6 Å². The summed E-state index contributed by atoms with van der Waals surface area (Å²) in [6.07, 6.45) is 1.76. The molecule has 0 saturated carbocycles. The molecule has 1 saturated heterocycles. The van der Waals surface area contributed by atoms with Crippen molar-refractivity contribution in [2.75, 3.05) is 13.7 Å². The van der Waals surface area contributed by atoms with Crippen LogP contribution in [0.2, 0.25) is 10.0 Å². The number of halogens is 2. The Kier molecular flexibility index (Phi) is 6.88. The Morgan fingerprint density at radius 2 is 1.93 bits per heavy atom. The van der Waals surface area contributed by atoms with Crippen LogP contribution >= 0.6 is 47.2 Å². The van der Waals surface area contributed by atoms with Gasteiger partial charge in [0.15, 0.2) is 11.5 Å². The quantitative estimate of drug-likeness (QED) is 0.407. The van der Waals surface area contributed by atoms with E-state index in [1.807, 2.05) is 19.1 Å². The number of hydrogen-bond acceptors (Lipinski definition) is 5. The van der Waals surface area contributed by atoms with Crippen LogP contribution in [-0.4, -0.2) is 28.8 Å². The molecule has 8 heteroatoms. The maximum Gasteiger partial charge on any atom is 0.266 e. The molecule has 3 rings (SSSR count). The minimum atomic E-state index is -0.101. The molecule has 1 aliphatic heterocycles. The molecule has 1 fully saturated rings. The summed E-state index contributed by atoms with van der Waals surface area (Å²) in [7, 11) is 1.54. The Hall–Kier alpha value is -1.73. The first-order chi connectivity index (χ1) is 13.4. The van der Waals surface area contributed by atoms with Gasteiger partial charge < -0.3 is 9.47 Å². The van der Waals surface area contributed by atoms with Gasteiger partial charge in [0.05, 0.1) is 17.0 Å². The average Bonchev–Trinajstić information content (AvgIpc) is 2.94. The summed E-state index contributed by atoms with van der Waals surface area (Å²) in [5.41, 5.74) is 1.69. The molecule has 1 aliphatic rings. The average molecular weight is 454 g/mol. The van der Waals surface area contributed by atoms with Gasteiger partial charge in [0.1, 0.15) is 10.9 Å². The van der Waals surface area contributed by atoms with Gasteiger partial charge in [-0.05, 0) is 48.4 Å². The van der Waals surface area contributed by atoms with Crippen molar-refractivity contribution in [3.63, 3.8) is 0 Å². The molecule has 2 aromatic carbocycles. The number of amides is 1. The van der Waals surface area contributed by atoms with Gasteiger partial charge in [-0.2, -0.15) is 0 Å². The van der Waals surface area contributed by atoms with Gasteiger partial charge in [0.25, 0.3) is 5.91 Å². The Morgan fingerprint density at radius 3 is 2.54 bits per heavy atom. The third kappa shape index (κ3) is 4.63. The maximum atomic E-state index is 12.4. The summed E-state index contributed by atoms with van der Waals surface area (Å²) < 4.78 is 11.9. The first-order valence-electron chi connectivity index (χ1n) is 8.43. The van der Waals surface area contributed by atoms with E-state index in [0.717, 1.165) is 11.1 Å². The van der Waals surface area contributed by atoms with Crippen LogP contribution in [0.5, 0.6) is 11.5 Å². The standard InChI is InChI=1S/C20H17Cl2NO3S2/c1-3-23-19(24)17(28-20(23)27)10-13-8-15(22)18(16(9-13)25-2)26-11-12-4-6-14(21)7-5-12/h4-10H,3,11H2,1-2H3. The smallest absolute Gasteiger partial charge is 0.266 e. The predicted octanol–water partition coefficient (Wildman–Crippen LogP) is 5.80. The lowest BCUT2D eigenvalue weighted by Gasteiger charge is -2.14. The van der Waals surface area contributed by atoms with Gasteiger partial charge in [-0.25, -0.2) is 0 Å². The van der Waals surface area contributed by atoms with E-state index in [1.54, 1.807) is 42.4 Å². The molecule has 0 spiro atoms. The van der Waals surface area contributed by atoms with Gasteiger partial charge in [-0.1, -0.05) is 59.3 Å². The highest BCUT2D eigenvalue weighted by molar-refractivity contribution is 8.26. The molecule has 0 N–H and O–H groups in total. The van der Waals surface area contributed by atoms with E-state index in [-0.39, 0.29) is 5.91 Å². The lowest BCUT2D eigenvalue weighted by Crippen LogP contribution is -2.27. The summed E-state index contributed by atoms with van der Waals surface area (Å²) in [5.74, 6) is 0.826. The fourth-order valence-electron chi connectivity index (χ4n) is 2.62. The van der Waals surface area contributed by atoms with Gasteiger partial charge >= 0.3 is 0 Å². The normalized spacial score (nSPS) is 15.4. The largest absolute Gasteiger partial charge is 0.493 e. The molecule has 0 aromatic heterocycles. The summed E-state index contributed by atoms with van der Waals surface area (Å²) in [5, 5.41) is 1.06. The van der Waals surface area contributed by atoms with E-state index in [0.29, 0.717) is 43.9 Å². The zero-order chi connectivity index (χ0) is 20.3. The highest BCUT2D eigenvalue weighted by Gasteiger charge is 2.30. The van der Waals surface area contributed by atoms with Gasteiger partial charge in [-0.3, -0.25) is 9.69 Å². The molecular formula is C20H17Cl2NO3S2. The number of thiocarbonyl (C=S) groups is 1. The predicted molar refractivity (Wildman–Crippen MR) is 119 cm³/mol. The second kappa shape index (κ2) is 9.18. The number of likely N-dealkylation sites (N-methyl/N-ethyl adjacent to an activating group) is 1. The number of hydrogen-bond donors (Lipinski definition) is 0. The van der Waals surface area contributed by atoms with Crippen molar-refractivity contribution < 1.29 is 14.3 Å². The number of nitrogens with zero attached hydrogens (tertiary/aromatic N) is 1. The Balaban J connectivity index is 1.83. The van der Waals surface area contributed by atoms with Crippen LogP contribution in [0.4, 0.5) is 0 Å². The van der Waals surface area contributed by atoms with Crippen LogP contribution in [-0.2, 0) is 11.4 Å². The third-order valence-corrected chi connectivity index (χ3v) is 5.95. The molecular weight excluding hydrogens is 437 g/mol. The fraction of sp³-hybridized carbons (Fsp3) is 0.200. The van der Waals surface area contributed by atoms with Crippen LogP contribution in [0.1, 0.15) is 18.1 Å². The van der Waals surface area contributed by atoms with Crippen molar-refractivity contribution in [2.45, 2.75) is 13.5 Å². The number of carbonyl (C=O) groups excluding carboxylic acids is 1. The minimum absolute atomic E-state index is 0.101. The van der Waals surface area contributed by atoms with Crippen molar-refractivity contribution in [1.29, 1.82) is 0 Å². The fourth-order valence-corrected chi connectivity index (χ4v) is 4.41. The monoisotopic (exact) mass is 453 g/mol. The number of rotatable bonds is 6. The lowest BCUT2D eigenvalue weighted by molar-refractivity contribution is -0.121. The molecule has 0 aliphatic carbocycles. The lowest BCUT2D eigenvalue weighted by atomic mass is 10.1. The number of thioether (sulfide) groups is 1. The molecule has 146 valence electrons. The zero-order valence-corrected chi connectivity index (χ0v) is 18.3. The van der Waals surface area contributed by atoms with E-state index in [9.17, 15) is 4.79 Å². The Bertz CT molecular complexity index is 945. The highest BCUT2D eigenvalue weighted by atomic mass is 35.5. The number of ether oxygens (including phenoxy) is 2. The minimum Gasteiger partial charge on any atom is -0.493 e. The third-order valence-electron chi connectivity index (χ3n) is 4.04. The highest BCUT2D eigenvalue weighted by Crippen LogP contribution is 2.39. The van der Waals surface area contributed by atoms with E-state index in [1.165, 1.54) is 11.8 Å². The van der Waals surface area contributed by atoms with Crippen molar-refractivity contribution in [3.05, 3.63) is 62.5 Å². The van der Waals surface area contributed by atoms with Crippen LogP contribution in [0.3, 0.4) is 0 Å². The van der Waals surface area contributed by atoms with Crippen LogP contribution < -0.4 is 9.47 Å². The second-order valence-electron chi connectivity index (χ2n) is 5.88. The van der Waals surface area contributed by atoms with Crippen molar-refractivity contribution in [1.82, 2.24) is 4.90 Å². The summed E-state index contributed by atoms with van der Waals surface area (Å²) in [6, 6.07) is 10.9. The zero-order valence-electron chi connectivity index (χ0n) is 15.2. The van der Waals surface area contributed by atoms with Crippen LogP contribution in [0.15, 0.2) is 41.3 Å². The molecule has 4 nitrogen and oxygen atoms in total. The number of methoxy groups -OCH3 is 1. The van der Waals surface area contributed by atoms with E-state index in [2.05, 4.69) is 0 Å². The van der Waals surface area contributed by atoms with E-state index >= 15 is 0 Å². The second-order valence-corrected chi connectivity index (χ2v) is 8.39. The molecule has 1 heterocycles. The Labute approximate surface area is 183 Å². The van der Waals surface area contributed by atoms with Crippen molar-refractivity contribution >= 4 is 63.5 Å². The molecule has 0 bridgehead atoms. The van der Waals surface area contributed by atoms with Gasteiger partial charge in [0.2, 0.25) is 0 Å². The topological polar surface area (TPSA) is 38.8 Å². The molecule has 1 amide bonds. The molecule has 0 radical (unpaired) electrons. The Morgan fingerprint density at radius 1 is 1.21 bits per heavy atom. The van der Waals surface area contributed by atoms with Crippen molar-refractivity contribution in [3.8, 4) is 11.5 Å². The van der Waals surface area contributed by atoms with Crippen LogP contribution in [0, 0.1) is 0 Å². The first-order valence-corrected chi connectivity index (χ1v) is 10.4. The number of carbonyl (C=O) groups is 1. The molecule has 0 unspecified atom stereocenters. The first kappa shape index (κ1) is 21.0. The van der Waals surface area contributed by atoms with E-state index in [4.69, 9.17) is 44.9 Å². The summed E-state index contributed by atoms with van der Waals surface area (Å²) in [6.45, 7) is 2.76. The summed E-state index contributed by atoms with van der Waals surface area (Å²) in [4.78, 5) is 14.5. The van der Waals surface area contributed by atoms with E-state index < -0.39 is 0 Å². The van der Waals surface area contributed by atoms with Crippen molar-refractivity contribution in [2.24, 2.45) is 0 Å². The summed E-state index contributed by atoms with van der Waals surface area (Å²) >= 11 is 18.8. The molecule has 2 aromatic rings. The number of benzene rings is 2. The van der Waals surface area contributed by atoms with Gasteiger partial charge in [-0.15, -0.1) is 0 Å². The SMILES string of the molecule is CCN1C(=O)C(=Cc2cc(Cl)c(OCc3ccc(Cl)cc3)c(OC)c2)SC1=S. The van der Waals surface area contributed by atoms with Crippen LogP contribution in [0.25, 0.3) is 6.08 Å². The maximum absolute atomic E-state index is 12.4. The molecule has 28 heavy (non-hydrogen) atoms. The molecule has 0 atom stereocenters.